The molecule has 2 heterocycles. The van der Waals surface area contributed by atoms with E-state index >= 15 is 0 Å². The molecule has 0 saturated heterocycles. The van der Waals surface area contributed by atoms with Gasteiger partial charge in [-0.05, 0) is 30.6 Å². The number of hydrogen-bond acceptors (Lipinski definition) is 6. The van der Waals surface area contributed by atoms with Crippen LogP contribution in [0.4, 0.5) is 36.3 Å². The molecule has 3 rings (SSSR count). The van der Waals surface area contributed by atoms with Gasteiger partial charge in [-0.15, -0.1) is 0 Å². The minimum Gasteiger partial charge on any atom is -0.387 e. The van der Waals surface area contributed by atoms with Crippen molar-refractivity contribution in [3.8, 4) is 0 Å². The third-order valence-electron chi connectivity index (χ3n) is 3.87. The fourth-order valence-electron chi connectivity index (χ4n) is 2.57. The van der Waals surface area contributed by atoms with Crippen LogP contribution in [0.15, 0.2) is 41.9 Å². The van der Waals surface area contributed by atoms with Crippen molar-refractivity contribution in [3.63, 3.8) is 0 Å². The van der Waals surface area contributed by atoms with Gasteiger partial charge in [0.05, 0.1) is 23.4 Å². The smallest absolute Gasteiger partial charge is 0.387 e. The van der Waals surface area contributed by atoms with Gasteiger partial charge in [0.1, 0.15) is 13.7 Å². The molecule has 0 atom stereocenters. The first kappa shape index (κ1) is 21.2. The third-order valence-corrected chi connectivity index (χ3v) is 3.87. The number of aromatic nitrogens is 4. The van der Waals surface area contributed by atoms with Gasteiger partial charge >= 0.3 is 6.18 Å². The largest absolute Gasteiger partial charge is 0.416 e. The van der Waals surface area contributed by atoms with E-state index in [2.05, 4.69) is 35.6 Å². The van der Waals surface area contributed by atoms with Crippen molar-refractivity contribution in [2.75, 3.05) is 17.2 Å². The maximum Gasteiger partial charge on any atom is 0.416 e. The van der Waals surface area contributed by atoms with Gasteiger partial charge in [0.15, 0.2) is 0 Å². The Hall–Kier alpha value is -3.57. The number of imidazole rings is 1. The quantitative estimate of drug-likeness (QED) is 0.268. The van der Waals surface area contributed by atoms with Crippen molar-refractivity contribution in [2.45, 2.75) is 19.5 Å². The van der Waals surface area contributed by atoms with Crippen LogP contribution in [0.2, 0.25) is 0 Å². The Balaban J connectivity index is 1.80. The molecule has 0 saturated carbocycles. The van der Waals surface area contributed by atoms with Crippen molar-refractivity contribution in [2.24, 2.45) is 10.7 Å². The lowest BCUT2D eigenvalue weighted by molar-refractivity contribution is -0.137. The number of anilines is 3. The fraction of sp³-hybridized carbons (Fsp3) is 0.222. The zero-order chi connectivity index (χ0) is 21.7. The number of nitrogens with one attached hydrogen (secondary N) is 3. The van der Waals surface area contributed by atoms with Gasteiger partial charge in [0.2, 0.25) is 5.95 Å². The summed E-state index contributed by atoms with van der Waals surface area (Å²) in [5.74, 6) is 0.565. The highest BCUT2D eigenvalue weighted by Crippen LogP contribution is 2.34. The lowest BCUT2D eigenvalue weighted by Gasteiger charge is -2.13. The first-order valence-corrected chi connectivity index (χ1v) is 8.84. The summed E-state index contributed by atoms with van der Waals surface area (Å²) in [6, 6.07) is 3.26. The molecule has 2 radical (unpaired) electrons. The number of aliphatic imine (C=N–C) groups is 1. The first-order chi connectivity index (χ1) is 14.2. The Morgan fingerprint density at radius 1 is 1.27 bits per heavy atom. The molecular weight excluding hydrogens is 396 g/mol. The van der Waals surface area contributed by atoms with E-state index in [9.17, 15) is 13.2 Å². The van der Waals surface area contributed by atoms with Gasteiger partial charge < -0.3 is 21.4 Å². The molecule has 8 nitrogen and oxygen atoms in total. The lowest BCUT2D eigenvalue weighted by Crippen LogP contribution is -2.18. The van der Waals surface area contributed by atoms with E-state index < -0.39 is 11.7 Å². The van der Waals surface area contributed by atoms with Crippen LogP contribution in [-0.4, -0.2) is 40.2 Å². The van der Waals surface area contributed by atoms with Crippen LogP contribution >= 0.6 is 0 Å². The average molecular weight is 414 g/mol. The monoisotopic (exact) mass is 414 g/mol. The standard InChI is InChI=1S/C18H18BF3N8/c1-10(23)28-13-4-11(18(20,21)22)5-14(6-13)29-17-26-8-15(19)16(30-17)25-3-2-12-7-24-9-27-12/h4-9H,2-3H2,1H3,(H2,23,28)(H,24,27)(H2,25,26,29,30). The van der Waals surface area contributed by atoms with Gasteiger partial charge in [-0.25, -0.2) is 15.0 Å². The normalized spacial score (nSPS) is 12.1. The summed E-state index contributed by atoms with van der Waals surface area (Å²) in [7, 11) is 5.89. The van der Waals surface area contributed by atoms with E-state index in [1.807, 2.05) is 0 Å². The Labute approximate surface area is 171 Å². The number of alkyl halides is 3. The van der Waals surface area contributed by atoms with Crippen molar-refractivity contribution < 1.29 is 13.2 Å². The molecule has 30 heavy (non-hydrogen) atoms. The number of halogens is 3. The number of H-pyrrole nitrogens is 1. The topological polar surface area (TPSA) is 117 Å². The highest BCUT2D eigenvalue weighted by atomic mass is 19.4. The van der Waals surface area contributed by atoms with Crippen LogP contribution in [0.3, 0.4) is 0 Å². The second-order valence-electron chi connectivity index (χ2n) is 6.40. The maximum absolute atomic E-state index is 13.2. The van der Waals surface area contributed by atoms with E-state index in [0.717, 1.165) is 17.8 Å². The van der Waals surface area contributed by atoms with Gasteiger partial charge in [0, 0.05) is 36.7 Å². The van der Waals surface area contributed by atoms with Gasteiger partial charge in [0.25, 0.3) is 0 Å². The minimum absolute atomic E-state index is 0.0562. The number of hydrogen-bond donors (Lipinski definition) is 4. The number of aromatic amines is 1. The highest BCUT2D eigenvalue weighted by molar-refractivity contribution is 6.35. The number of rotatable bonds is 7. The van der Waals surface area contributed by atoms with E-state index in [0.29, 0.717) is 24.2 Å². The van der Waals surface area contributed by atoms with Crippen molar-refractivity contribution in [1.29, 1.82) is 0 Å². The van der Waals surface area contributed by atoms with Gasteiger partial charge in [-0.3, -0.25) is 0 Å². The number of nitrogens with two attached hydrogens (primary N) is 1. The molecule has 0 unspecified atom stereocenters. The highest BCUT2D eigenvalue weighted by Gasteiger charge is 2.31. The third kappa shape index (κ3) is 5.72. The van der Waals surface area contributed by atoms with Crippen molar-refractivity contribution in [3.05, 3.63) is 48.2 Å². The summed E-state index contributed by atoms with van der Waals surface area (Å²) < 4.78 is 39.7. The summed E-state index contributed by atoms with van der Waals surface area (Å²) in [5.41, 5.74) is 6.03. The predicted octanol–water partition coefficient (Wildman–Crippen LogP) is 2.42. The van der Waals surface area contributed by atoms with Crippen LogP contribution in [0, 0.1) is 0 Å². The SMILES string of the molecule is [B]c1cnc(Nc2cc(N=C(C)N)cc(C(F)(F)F)c2)nc1NCCc1cnc[nH]1. The van der Waals surface area contributed by atoms with E-state index in [1.165, 1.54) is 19.2 Å². The number of benzene rings is 1. The molecule has 0 bridgehead atoms. The Morgan fingerprint density at radius 3 is 2.73 bits per heavy atom. The average Bonchev–Trinajstić information content (AvgIpc) is 3.16. The zero-order valence-electron chi connectivity index (χ0n) is 16.0. The van der Waals surface area contributed by atoms with Crippen LogP contribution < -0.4 is 21.8 Å². The molecular formula is C18H18BF3N8. The van der Waals surface area contributed by atoms with E-state index in [-0.39, 0.29) is 23.2 Å². The summed E-state index contributed by atoms with van der Waals surface area (Å²) >= 11 is 0. The Kier molecular flexibility index (Phi) is 6.24. The van der Waals surface area contributed by atoms with Crippen LogP contribution in [0.1, 0.15) is 18.2 Å². The fourth-order valence-corrected chi connectivity index (χ4v) is 2.57. The Morgan fingerprint density at radius 2 is 2.07 bits per heavy atom. The van der Waals surface area contributed by atoms with E-state index in [1.54, 1.807) is 12.5 Å². The van der Waals surface area contributed by atoms with Crippen LogP contribution in [-0.2, 0) is 12.6 Å². The zero-order valence-corrected chi connectivity index (χ0v) is 16.0. The molecule has 154 valence electrons. The minimum atomic E-state index is -4.55. The first-order valence-electron chi connectivity index (χ1n) is 8.84. The lowest BCUT2D eigenvalue weighted by atomic mass is 9.99. The molecule has 12 heteroatoms. The van der Waals surface area contributed by atoms with Gasteiger partial charge in [-0.2, -0.15) is 18.2 Å². The van der Waals surface area contributed by atoms with Crippen LogP contribution in [0.5, 0.6) is 0 Å². The molecule has 0 aliphatic carbocycles. The summed E-state index contributed by atoms with van der Waals surface area (Å²) in [6.45, 7) is 2.00. The van der Waals surface area contributed by atoms with E-state index in [4.69, 9.17) is 13.6 Å². The summed E-state index contributed by atoms with van der Waals surface area (Å²) in [5, 5.41) is 5.83. The molecule has 2 aromatic heterocycles. The number of nitrogens with zero attached hydrogens (tertiary/aromatic N) is 4. The molecule has 0 amide bonds. The summed E-state index contributed by atoms with van der Waals surface area (Å²) in [6.07, 6.45) is 0.751. The molecule has 0 fully saturated rings. The number of amidine groups is 1. The maximum atomic E-state index is 13.2. The van der Waals surface area contributed by atoms with Gasteiger partial charge in [-0.1, -0.05) is 0 Å². The predicted molar refractivity (Wildman–Crippen MR) is 110 cm³/mol. The van der Waals surface area contributed by atoms with Crippen molar-refractivity contribution in [1.82, 2.24) is 19.9 Å². The molecule has 3 aromatic rings. The molecule has 5 N–H and O–H groups in total. The molecule has 0 spiro atoms. The molecule has 0 aliphatic rings. The summed E-state index contributed by atoms with van der Waals surface area (Å²) in [4.78, 5) is 19.1. The van der Waals surface area contributed by atoms with Crippen molar-refractivity contribution >= 4 is 42.3 Å². The second kappa shape index (κ2) is 8.85. The molecule has 0 aliphatic heterocycles. The Bertz CT molecular complexity index is 1030. The van der Waals surface area contributed by atoms with Crippen LogP contribution in [0.25, 0.3) is 0 Å². The second-order valence-corrected chi connectivity index (χ2v) is 6.40. The molecule has 1 aromatic carbocycles.